The SMILES string of the molecule is COC(=O)[C@@H]1c2ccsc2CCN1C(=O)c1ccc2c(c1)OCO2. The molecular formula is C17H15NO5S. The van der Waals surface area contributed by atoms with E-state index in [1.807, 2.05) is 11.4 Å². The molecule has 1 aromatic carbocycles. The molecule has 2 aromatic rings. The van der Waals surface area contributed by atoms with E-state index in [1.165, 1.54) is 7.11 Å². The van der Waals surface area contributed by atoms with Gasteiger partial charge in [0, 0.05) is 17.0 Å². The molecule has 6 nitrogen and oxygen atoms in total. The molecule has 2 aliphatic heterocycles. The summed E-state index contributed by atoms with van der Waals surface area (Å²) in [5, 5.41) is 1.94. The molecule has 0 spiro atoms. The number of hydrogen-bond donors (Lipinski definition) is 0. The van der Waals surface area contributed by atoms with Gasteiger partial charge in [0.2, 0.25) is 6.79 Å². The maximum absolute atomic E-state index is 13.0. The van der Waals surface area contributed by atoms with Gasteiger partial charge in [-0.3, -0.25) is 4.79 Å². The van der Waals surface area contributed by atoms with Crippen molar-refractivity contribution in [1.82, 2.24) is 4.90 Å². The number of thiophene rings is 1. The fourth-order valence-corrected chi connectivity index (χ4v) is 4.00. The van der Waals surface area contributed by atoms with E-state index in [4.69, 9.17) is 14.2 Å². The van der Waals surface area contributed by atoms with Crippen LogP contribution < -0.4 is 9.47 Å². The van der Waals surface area contributed by atoms with E-state index in [1.54, 1.807) is 34.4 Å². The van der Waals surface area contributed by atoms with Gasteiger partial charge in [0.25, 0.3) is 5.91 Å². The first kappa shape index (κ1) is 15.0. The zero-order valence-electron chi connectivity index (χ0n) is 13.0. The van der Waals surface area contributed by atoms with Gasteiger partial charge in [0.1, 0.15) is 0 Å². The highest BCUT2D eigenvalue weighted by molar-refractivity contribution is 7.10. The standard InChI is InChI=1S/C17H15NO5S/c1-21-17(20)15-11-5-7-24-14(11)4-6-18(15)16(19)10-2-3-12-13(8-10)23-9-22-12/h2-3,5,7-8,15H,4,6,9H2,1H3/t15-/m0/s1. The van der Waals surface area contributed by atoms with Crippen molar-refractivity contribution in [3.05, 3.63) is 45.6 Å². The minimum atomic E-state index is -0.706. The Balaban J connectivity index is 1.69. The van der Waals surface area contributed by atoms with Gasteiger partial charge >= 0.3 is 5.97 Å². The molecule has 1 atom stereocenters. The van der Waals surface area contributed by atoms with Crippen molar-refractivity contribution < 1.29 is 23.8 Å². The average molecular weight is 345 g/mol. The van der Waals surface area contributed by atoms with E-state index < -0.39 is 12.0 Å². The molecule has 0 unspecified atom stereocenters. The summed E-state index contributed by atoms with van der Waals surface area (Å²) in [7, 11) is 1.34. The summed E-state index contributed by atoms with van der Waals surface area (Å²) >= 11 is 1.60. The molecular weight excluding hydrogens is 330 g/mol. The number of nitrogens with zero attached hydrogens (tertiary/aromatic N) is 1. The minimum Gasteiger partial charge on any atom is -0.467 e. The van der Waals surface area contributed by atoms with Gasteiger partial charge in [0.05, 0.1) is 7.11 Å². The van der Waals surface area contributed by atoms with E-state index >= 15 is 0 Å². The van der Waals surface area contributed by atoms with Gasteiger partial charge in [-0.1, -0.05) is 0 Å². The number of esters is 1. The number of fused-ring (bicyclic) bond motifs is 2. The van der Waals surface area contributed by atoms with Crippen LogP contribution in [-0.4, -0.2) is 37.2 Å². The van der Waals surface area contributed by atoms with Gasteiger partial charge in [0.15, 0.2) is 17.5 Å². The van der Waals surface area contributed by atoms with Gasteiger partial charge in [-0.15, -0.1) is 11.3 Å². The van der Waals surface area contributed by atoms with Crippen LogP contribution in [-0.2, 0) is 16.0 Å². The molecule has 124 valence electrons. The van der Waals surface area contributed by atoms with Gasteiger partial charge < -0.3 is 19.1 Å². The first-order chi connectivity index (χ1) is 11.7. The third kappa shape index (κ3) is 2.32. The molecule has 4 rings (SSSR count). The first-order valence-electron chi connectivity index (χ1n) is 7.54. The Labute approximate surface area is 142 Å². The number of carbonyl (C=O) groups excluding carboxylic acids is 2. The Hall–Kier alpha value is -2.54. The Bertz CT molecular complexity index is 815. The molecule has 1 aromatic heterocycles. The summed E-state index contributed by atoms with van der Waals surface area (Å²) in [5.41, 5.74) is 1.32. The fraction of sp³-hybridized carbons (Fsp3) is 0.294. The van der Waals surface area contributed by atoms with Crippen LogP contribution in [0.5, 0.6) is 11.5 Å². The number of ether oxygens (including phenoxy) is 3. The number of amides is 1. The number of methoxy groups -OCH3 is 1. The average Bonchev–Trinajstić information content (AvgIpc) is 3.27. The van der Waals surface area contributed by atoms with Crippen LogP contribution in [0.1, 0.15) is 26.8 Å². The third-order valence-corrected chi connectivity index (χ3v) is 5.27. The summed E-state index contributed by atoms with van der Waals surface area (Å²) in [6, 6.07) is 6.24. The van der Waals surface area contributed by atoms with Crippen molar-refractivity contribution in [2.45, 2.75) is 12.5 Å². The highest BCUT2D eigenvalue weighted by Crippen LogP contribution is 2.37. The molecule has 0 N–H and O–H groups in total. The Morgan fingerprint density at radius 3 is 2.92 bits per heavy atom. The summed E-state index contributed by atoms with van der Waals surface area (Å²) < 4.78 is 15.5. The molecule has 0 saturated carbocycles. The minimum absolute atomic E-state index is 0.153. The largest absolute Gasteiger partial charge is 0.467 e. The molecule has 24 heavy (non-hydrogen) atoms. The predicted octanol–water partition coefficient (Wildman–Crippen LogP) is 2.39. The number of rotatable bonds is 2. The lowest BCUT2D eigenvalue weighted by atomic mass is 9.98. The fourth-order valence-electron chi connectivity index (χ4n) is 3.10. The molecule has 1 amide bonds. The lowest BCUT2D eigenvalue weighted by Crippen LogP contribution is -2.43. The lowest BCUT2D eigenvalue weighted by molar-refractivity contribution is -0.146. The van der Waals surface area contributed by atoms with Crippen molar-refractivity contribution in [2.75, 3.05) is 20.4 Å². The monoisotopic (exact) mass is 345 g/mol. The van der Waals surface area contributed by atoms with Crippen molar-refractivity contribution in [1.29, 1.82) is 0 Å². The Morgan fingerprint density at radius 1 is 1.25 bits per heavy atom. The summed E-state index contributed by atoms with van der Waals surface area (Å²) in [6.45, 7) is 0.625. The van der Waals surface area contributed by atoms with Crippen LogP contribution in [0.3, 0.4) is 0 Å². The van der Waals surface area contributed by atoms with Crippen LogP contribution in [0.4, 0.5) is 0 Å². The molecule has 7 heteroatoms. The molecule has 0 radical (unpaired) electrons. The number of benzene rings is 1. The summed E-state index contributed by atoms with van der Waals surface area (Å²) in [4.78, 5) is 28.0. The van der Waals surface area contributed by atoms with Crippen LogP contribution in [0.2, 0.25) is 0 Å². The maximum Gasteiger partial charge on any atom is 0.333 e. The van der Waals surface area contributed by atoms with Crippen LogP contribution in [0.15, 0.2) is 29.6 Å². The highest BCUT2D eigenvalue weighted by Gasteiger charge is 2.38. The van der Waals surface area contributed by atoms with E-state index in [9.17, 15) is 9.59 Å². The van der Waals surface area contributed by atoms with E-state index in [2.05, 4.69) is 0 Å². The van der Waals surface area contributed by atoms with Crippen molar-refractivity contribution >= 4 is 23.2 Å². The van der Waals surface area contributed by atoms with Crippen LogP contribution >= 0.6 is 11.3 Å². The topological polar surface area (TPSA) is 65.1 Å². The maximum atomic E-state index is 13.0. The zero-order valence-corrected chi connectivity index (χ0v) is 13.8. The van der Waals surface area contributed by atoms with E-state index in [-0.39, 0.29) is 12.7 Å². The second-order valence-corrected chi connectivity index (χ2v) is 6.54. The predicted molar refractivity (Wildman–Crippen MR) is 86.4 cm³/mol. The van der Waals surface area contributed by atoms with Crippen molar-refractivity contribution in [3.8, 4) is 11.5 Å². The molecule has 2 aliphatic rings. The lowest BCUT2D eigenvalue weighted by Gasteiger charge is -2.34. The molecule has 3 heterocycles. The van der Waals surface area contributed by atoms with Gasteiger partial charge in [-0.25, -0.2) is 4.79 Å². The smallest absolute Gasteiger partial charge is 0.333 e. The van der Waals surface area contributed by atoms with Gasteiger partial charge in [-0.2, -0.15) is 0 Å². The van der Waals surface area contributed by atoms with E-state index in [0.717, 1.165) is 16.9 Å². The highest BCUT2D eigenvalue weighted by atomic mass is 32.1. The second kappa shape index (κ2) is 5.83. The van der Waals surface area contributed by atoms with Gasteiger partial charge in [-0.05, 0) is 41.6 Å². The number of carbonyl (C=O) groups is 2. The van der Waals surface area contributed by atoms with Crippen molar-refractivity contribution in [2.24, 2.45) is 0 Å². The molecule has 0 fully saturated rings. The summed E-state index contributed by atoms with van der Waals surface area (Å²) in [6.07, 6.45) is 0.733. The quantitative estimate of drug-likeness (QED) is 0.782. The third-order valence-electron chi connectivity index (χ3n) is 4.27. The summed E-state index contributed by atoms with van der Waals surface area (Å²) in [5.74, 6) is 0.516. The normalized spacial score (nSPS) is 18.2. The Morgan fingerprint density at radius 2 is 2.08 bits per heavy atom. The van der Waals surface area contributed by atoms with E-state index in [0.29, 0.717) is 23.6 Å². The van der Waals surface area contributed by atoms with Crippen LogP contribution in [0.25, 0.3) is 0 Å². The van der Waals surface area contributed by atoms with Crippen LogP contribution in [0, 0.1) is 0 Å². The Kier molecular flexibility index (Phi) is 3.65. The number of hydrogen-bond acceptors (Lipinski definition) is 6. The second-order valence-electron chi connectivity index (χ2n) is 5.54. The molecule has 0 aliphatic carbocycles. The van der Waals surface area contributed by atoms with Crippen molar-refractivity contribution in [3.63, 3.8) is 0 Å². The molecule has 0 saturated heterocycles. The molecule has 0 bridgehead atoms. The zero-order chi connectivity index (χ0) is 16.7. The first-order valence-corrected chi connectivity index (χ1v) is 8.41.